The van der Waals surface area contributed by atoms with Crippen LogP contribution in [0.15, 0.2) is 72.5 Å². The van der Waals surface area contributed by atoms with Gasteiger partial charge in [0.25, 0.3) is 0 Å². The minimum absolute atomic E-state index is 0.0523. The van der Waals surface area contributed by atoms with Gasteiger partial charge < -0.3 is 14.7 Å². The molecule has 1 aliphatic heterocycles. The zero-order chi connectivity index (χ0) is 21.3. The Morgan fingerprint density at radius 3 is 2.43 bits per heavy atom. The van der Waals surface area contributed by atoms with Crippen LogP contribution in [0.3, 0.4) is 0 Å². The SMILES string of the molecule is O=C(Oc1ccc2c(c1)OC(=Cc1ccc(F)cc1)C2=O)c1ccc([NH+]([O-])O)cc1. The summed E-state index contributed by atoms with van der Waals surface area (Å²) >= 11 is 0. The van der Waals surface area contributed by atoms with Crippen molar-refractivity contribution in [1.29, 1.82) is 0 Å². The first kappa shape index (κ1) is 19.5. The fourth-order valence-electron chi connectivity index (χ4n) is 2.86. The Hall–Kier alpha value is -3.85. The van der Waals surface area contributed by atoms with Crippen LogP contribution >= 0.6 is 0 Å². The van der Waals surface area contributed by atoms with Crippen LogP contribution in [-0.4, -0.2) is 17.0 Å². The molecule has 4 rings (SSSR count). The van der Waals surface area contributed by atoms with Crippen molar-refractivity contribution >= 4 is 23.5 Å². The van der Waals surface area contributed by atoms with E-state index in [2.05, 4.69) is 0 Å². The predicted octanol–water partition coefficient (Wildman–Crippen LogP) is 3.06. The van der Waals surface area contributed by atoms with Gasteiger partial charge in [-0.05, 0) is 48.0 Å². The molecule has 0 aromatic heterocycles. The first-order valence-corrected chi connectivity index (χ1v) is 8.80. The number of carbonyl (C=O) groups is 2. The Kier molecular flexibility index (Phi) is 5.11. The summed E-state index contributed by atoms with van der Waals surface area (Å²) in [4.78, 5) is 24.8. The highest BCUT2D eigenvalue weighted by atomic mass is 19.1. The summed E-state index contributed by atoms with van der Waals surface area (Å²) in [6.45, 7) is 0. The lowest BCUT2D eigenvalue weighted by molar-refractivity contribution is -0.991. The van der Waals surface area contributed by atoms with Crippen molar-refractivity contribution < 1.29 is 33.9 Å². The van der Waals surface area contributed by atoms with Crippen molar-refractivity contribution in [2.75, 3.05) is 0 Å². The minimum atomic E-state index is -1.10. The number of rotatable bonds is 4. The van der Waals surface area contributed by atoms with Crippen LogP contribution in [-0.2, 0) is 0 Å². The normalized spacial score (nSPS) is 14.9. The smallest absolute Gasteiger partial charge is 0.343 e. The Morgan fingerprint density at radius 1 is 1.07 bits per heavy atom. The van der Waals surface area contributed by atoms with E-state index in [0.717, 1.165) is 0 Å². The van der Waals surface area contributed by atoms with Gasteiger partial charge in [0, 0.05) is 18.2 Å². The number of fused-ring (bicyclic) bond motifs is 1. The summed E-state index contributed by atoms with van der Waals surface area (Å²) in [5.41, 5.74) is 1.14. The van der Waals surface area contributed by atoms with Gasteiger partial charge in [-0.15, -0.1) is 0 Å². The number of ether oxygens (including phenoxy) is 2. The molecule has 3 aromatic carbocycles. The maximum atomic E-state index is 13.0. The molecular formula is C22H14FNO6. The number of hydrogen-bond donors (Lipinski definition) is 2. The molecule has 30 heavy (non-hydrogen) atoms. The molecule has 1 heterocycles. The highest BCUT2D eigenvalue weighted by Crippen LogP contribution is 2.35. The Labute approximate surface area is 169 Å². The number of halogens is 1. The standard InChI is InChI=1S/C22H14FNO6/c23-15-5-1-13(2-6-15)11-20-21(25)18-10-9-17(12-19(18)30-20)29-22(26)14-3-7-16(8-4-14)24(27)28/h1-12,24,27H. The van der Waals surface area contributed by atoms with Crippen LogP contribution < -0.4 is 14.7 Å². The number of allylic oxidation sites excluding steroid dienone is 1. The van der Waals surface area contributed by atoms with Crippen LogP contribution in [0.4, 0.5) is 10.1 Å². The number of quaternary nitrogens is 1. The zero-order valence-corrected chi connectivity index (χ0v) is 15.3. The van der Waals surface area contributed by atoms with E-state index in [1.165, 1.54) is 72.8 Å². The fourth-order valence-corrected chi connectivity index (χ4v) is 2.86. The van der Waals surface area contributed by atoms with Gasteiger partial charge in [0.2, 0.25) is 5.78 Å². The van der Waals surface area contributed by atoms with Gasteiger partial charge in [-0.25, -0.2) is 14.4 Å². The molecule has 0 aliphatic carbocycles. The highest BCUT2D eigenvalue weighted by molar-refractivity contribution is 6.14. The van der Waals surface area contributed by atoms with Gasteiger partial charge in [0.15, 0.2) is 11.4 Å². The van der Waals surface area contributed by atoms with Crippen molar-refractivity contribution in [3.8, 4) is 11.5 Å². The van der Waals surface area contributed by atoms with Crippen molar-refractivity contribution in [2.45, 2.75) is 0 Å². The fraction of sp³-hybridized carbons (Fsp3) is 0. The first-order valence-electron chi connectivity index (χ1n) is 8.80. The van der Waals surface area contributed by atoms with Gasteiger partial charge >= 0.3 is 5.97 Å². The number of hydrogen-bond acceptors (Lipinski definition) is 6. The number of ketones is 1. The summed E-state index contributed by atoms with van der Waals surface area (Å²) in [6, 6.07) is 15.3. The molecule has 1 atom stereocenters. The predicted molar refractivity (Wildman–Crippen MR) is 103 cm³/mol. The highest BCUT2D eigenvalue weighted by Gasteiger charge is 2.28. The van der Waals surface area contributed by atoms with Crippen LogP contribution in [0.1, 0.15) is 26.3 Å². The van der Waals surface area contributed by atoms with Crippen molar-refractivity contribution in [3.05, 3.63) is 100 Å². The van der Waals surface area contributed by atoms with Crippen molar-refractivity contribution in [1.82, 2.24) is 0 Å². The number of carbonyl (C=O) groups excluding carboxylic acids is 2. The summed E-state index contributed by atoms with van der Waals surface area (Å²) < 4.78 is 23.9. The van der Waals surface area contributed by atoms with Crippen LogP contribution in [0.25, 0.3) is 6.08 Å². The molecule has 1 unspecified atom stereocenters. The second-order valence-electron chi connectivity index (χ2n) is 6.42. The third kappa shape index (κ3) is 3.96. The van der Waals surface area contributed by atoms with E-state index in [-0.39, 0.29) is 40.1 Å². The number of benzene rings is 3. The third-order valence-electron chi connectivity index (χ3n) is 4.39. The molecule has 0 bridgehead atoms. The number of Topliss-reactive ketones (excluding diaryl/α,β-unsaturated/α-hetero) is 1. The van der Waals surface area contributed by atoms with Crippen molar-refractivity contribution in [3.63, 3.8) is 0 Å². The molecule has 0 spiro atoms. The molecule has 3 aromatic rings. The maximum absolute atomic E-state index is 13.0. The van der Waals surface area contributed by atoms with E-state index in [1.54, 1.807) is 0 Å². The molecule has 2 N–H and O–H groups in total. The summed E-state index contributed by atoms with van der Waals surface area (Å²) in [7, 11) is 0. The lowest BCUT2D eigenvalue weighted by Crippen LogP contribution is -2.99. The molecule has 8 heteroatoms. The number of nitrogens with one attached hydrogen (secondary N) is 1. The van der Waals surface area contributed by atoms with Gasteiger partial charge in [0.1, 0.15) is 17.3 Å². The molecule has 0 saturated heterocycles. The summed E-state index contributed by atoms with van der Waals surface area (Å²) in [5.74, 6) is -0.931. The first-order chi connectivity index (χ1) is 14.4. The largest absolute Gasteiger partial charge is 0.595 e. The monoisotopic (exact) mass is 407 g/mol. The minimum Gasteiger partial charge on any atom is -0.595 e. The van der Waals surface area contributed by atoms with Gasteiger partial charge in [-0.3, -0.25) is 4.79 Å². The van der Waals surface area contributed by atoms with Crippen LogP contribution in [0.5, 0.6) is 11.5 Å². The number of esters is 1. The molecule has 150 valence electrons. The van der Waals surface area contributed by atoms with E-state index in [4.69, 9.17) is 14.7 Å². The Morgan fingerprint density at radius 2 is 1.77 bits per heavy atom. The third-order valence-corrected chi connectivity index (χ3v) is 4.39. The molecular weight excluding hydrogens is 393 g/mol. The molecule has 1 aliphatic rings. The summed E-state index contributed by atoms with van der Waals surface area (Å²) in [6.07, 6.45) is 1.50. The van der Waals surface area contributed by atoms with E-state index in [9.17, 15) is 19.2 Å². The topological polar surface area (TPSA) is 100 Å². The van der Waals surface area contributed by atoms with E-state index >= 15 is 0 Å². The van der Waals surface area contributed by atoms with Gasteiger partial charge in [-0.1, -0.05) is 12.1 Å². The average Bonchev–Trinajstić information content (AvgIpc) is 3.04. The second kappa shape index (κ2) is 7.88. The van der Waals surface area contributed by atoms with Crippen LogP contribution in [0, 0.1) is 11.0 Å². The lowest BCUT2D eigenvalue weighted by Gasteiger charge is -2.11. The maximum Gasteiger partial charge on any atom is 0.343 e. The quantitative estimate of drug-likeness (QED) is 0.298. The molecule has 0 amide bonds. The molecule has 0 saturated carbocycles. The van der Waals surface area contributed by atoms with Crippen molar-refractivity contribution in [2.24, 2.45) is 0 Å². The lowest BCUT2D eigenvalue weighted by atomic mass is 10.1. The van der Waals surface area contributed by atoms with E-state index < -0.39 is 11.2 Å². The van der Waals surface area contributed by atoms with Crippen LogP contribution in [0.2, 0.25) is 0 Å². The average molecular weight is 407 g/mol. The van der Waals surface area contributed by atoms with Gasteiger partial charge in [0.05, 0.1) is 11.1 Å². The Bertz CT molecular complexity index is 1150. The summed E-state index contributed by atoms with van der Waals surface area (Å²) in [5, 5.41) is 18.7. The van der Waals surface area contributed by atoms with Gasteiger partial charge in [-0.2, -0.15) is 5.23 Å². The Balaban J connectivity index is 1.51. The van der Waals surface area contributed by atoms with E-state index in [0.29, 0.717) is 11.1 Å². The zero-order valence-electron chi connectivity index (χ0n) is 15.3. The molecule has 0 fully saturated rings. The van der Waals surface area contributed by atoms with E-state index in [1.807, 2.05) is 0 Å². The molecule has 7 nitrogen and oxygen atoms in total. The second-order valence-corrected chi connectivity index (χ2v) is 6.42. The molecule has 0 radical (unpaired) electrons.